The van der Waals surface area contributed by atoms with Crippen LogP contribution in [0.15, 0.2) is 12.1 Å². The minimum absolute atomic E-state index is 0.115. The van der Waals surface area contributed by atoms with Crippen LogP contribution in [0.4, 0.5) is 0 Å². The minimum atomic E-state index is -0.115. The third kappa shape index (κ3) is 1.85. The van der Waals surface area contributed by atoms with Gasteiger partial charge in [-0.1, -0.05) is 0 Å². The highest BCUT2D eigenvalue weighted by Gasteiger charge is 2.18. The zero-order valence-electron chi connectivity index (χ0n) is 8.66. The summed E-state index contributed by atoms with van der Waals surface area (Å²) >= 11 is 0. The first-order valence-electron chi connectivity index (χ1n) is 4.93. The summed E-state index contributed by atoms with van der Waals surface area (Å²) in [5.41, 5.74) is 0.650. The second kappa shape index (κ2) is 4.40. The average Bonchev–Trinajstić information content (AvgIpc) is 2.52. The van der Waals surface area contributed by atoms with E-state index in [1.54, 1.807) is 19.2 Å². The Morgan fingerprint density at radius 1 is 1.33 bits per heavy atom. The molecule has 0 aromatic heterocycles. The van der Waals surface area contributed by atoms with E-state index < -0.39 is 0 Å². The topological polar surface area (TPSA) is 47.9 Å². The van der Waals surface area contributed by atoms with E-state index in [2.05, 4.69) is 0 Å². The normalized spacial score (nSPS) is 14.5. The molecule has 0 fully saturated rings. The molecule has 0 amide bonds. The van der Waals surface area contributed by atoms with Gasteiger partial charge in [-0.2, -0.15) is 0 Å². The van der Waals surface area contributed by atoms with Gasteiger partial charge in [0.05, 0.1) is 32.5 Å². The summed E-state index contributed by atoms with van der Waals surface area (Å²) in [7, 11) is 1.57. The molecule has 4 heteroatoms. The van der Waals surface area contributed by atoms with Gasteiger partial charge in [0.25, 0.3) is 0 Å². The molecule has 0 saturated heterocycles. The third-order valence-corrected chi connectivity index (χ3v) is 2.35. The Balaban J connectivity index is 2.47. The lowest BCUT2D eigenvalue weighted by Crippen LogP contribution is -2.00. The van der Waals surface area contributed by atoms with E-state index in [0.717, 1.165) is 6.42 Å². The summed E-state index contributed by atoms with van der Waals surface area (Å²) in [4.78, 5) is 0. The number of rotatable bonds is 2. The van der Waals surface area contributed by atoms with Crippen molar-refractivity contribution in [3.63, 3.8) is 0 Å². The number of hydrogen-bond donors (Lipinski definition) is 1. The van der Waals surface area contributed by atoms with Crippen LogP contribution in [-0.2, 0) is 6.61 Å². The number of methoxy groups -OCH3 is 1. The minimum Gasteiger partial charge on any atom is -0.496 e. The van der Waals surface area contributed by atoms with Gasteiger partial charge in [-0.25, -0.2) is 0 Å². The van der Waals surface area contributed by atoms with E-state index in [0.29, 0.717) is 36.0 Å². The van der Waals surface area contributed by atoms with E-state index in [1.807, 2.05) is 0 Å². The summed E-state index contributed by atoms with van der Waals surface area (Å²) in [6.07, 6.45) is 0.849. The zero-order valence-corrected chi connectivity index (χ0v) is 8.66. The van der Waals surface area contributed by atoms with Crippen molar-refractivity contribution in [2.45, 2.75) is 13.0 Å². The monoisotopic (exact) mass is 210 g/mol. The third-order valence-electron chi connectivity index (χ3n) is 2.35. The Morgan fingerprint density at radius 3 is 2.87 bits per heavy atom. The van der Waals surface area contributed by atoms with Crippen molar-refractivity contribution >= 4 is 0 Å². The summed E-state index contributed by atoms with van der Waals surface area (Å²) in [6, 6.07) is 3.58. The molecule has 1 aliphatic rings. The lowest BCUT2D eigenvalue weighted by Gasteiger charge is -2.14. The SMILES string of the molecule is COc1ccc2c(c1CO)OCCCO2. The van der Waals surface area contributed by atoms with Gasteiger partial charge < -0.3 is 19.3 Å². The van der Waals surface area contributed by atoms with Crippen molar-refractivity contribution in [2.75, 3.05) is 20.3 Å². The van der Waals surface area contributed by atoms with E-state index in [4.69, 9.17) is 14.2 Å². The van der Waals surface area contributed by atoms with Crippen molar-refractivity contribution < 1.29 is 19.3 Å². The van der Waals surface area contributed by atoms with Crippen LogP contribution in [0.1, 0.15) is 12.0 Å². The van der Waals surface area contributed by atoms with Gasteiger partial charge >= 0.3 is 0 Å². The summed E-state index contributed by atoms with van der Waals surface area (Å²) in [5.74, 6) is 1.91. The van der Waals surface area contributed by atoms with Crippen LogP contribution in [0.3, 0.4) is 0 Å². The molecule has 82 valence electrons. The fraction of sp³-hybridized carbons (Fsp3) is 0.455. The van der Waals surface area contributed by atoms with Crippen LogP contribution >= 0.6 is 0 Å². The van der Waals surface area contributed by atoms with Gasteiger partial charge in [0.2, 0.25) is 0 Å². The average molecular weight is 210 g/mol. The number of ether oxygens (including phenoxy) is 3. The van der Waals surface area contributed by atoms with Crippen LogP contribution in [0.2, 0.25) is 0 Å². The molecule has 0 bridgehead atoms. The Labute approximate surface area is 88.4 Å². The molecule has 0 spiro atoms. The van der Waals surface area contributed by atoms with Gasteiger partial charge in [-0.3, -0.25) is 0 Å². The number of aliphatic hydroxyl groups excluding tert-OH is 1. The molecule has 0 aliphatic carbocycles. The molecule has 15 heavy (non-hydrogen) atoms. The molecule has 1 aromatic rings. The number of benzene rings is 1. The number of aliphatic hydroxyl groups is 1. The van der Waals surface area contributed by atoms with Crippen molar-refractivity contribution in [1.82, 2.24) is 0 Å². The van der Waals surface area contributed by atoms with Gasteiger partial charge in [-0.05, 0) is 12.1 Å². The molecule has 1 aromatic carbocycles. The van der Waals surface area contributed by atoms with Crippen LogP contribution in [0.25, 0.3) is 0 Å². The van der Waals surface area contributed by atoms with Crippen LogP contribution in [0.5, 0.6) is 17.2 Å². The van der Waals surface area contributed by atoms with E-state index in [-0.39, 0.29) is 6.61 Å². The molecule has 0 radical (unpaired) electrons. The lowest BCUT2D eigenvalue weighted by molar-refractivity contribution is 0.256. The highest BCUT2D eigenvalue weighted by Crippen LogP contribution is 2.38. The molecular weight excluding hydrogens is 196 g/mol. The maximum Gasteiger partial charge on any atom is 0.170 e. The Morgan fingerprint density at radius 2 is 2.13 bits per heavy atom. The Hall–Kier alpha value is -1.42. The molecule has 1 N–H and O–H groups in total. The molecule has 1 aliphatic heterocycles. The standard InChI is InChI=1S/C11H14O4/c1-13-9-3-4-10-11(8(9)7-12)15-6-2-5-14-10/h3-4,12H,2,5-7H2,1H3. The predicted octanol–water partition coefficient (Wildman–Crippen LogP) is 1.35. The predicted molar refractivity (Wildman–Crippen MR) is 54.5 cm³/mol. The quantitative estimate of drug-likeness (QED) is 0.800. The van der Waals surface area contributed by atoms with Gasteiger partial charge in [0, 0.05) is 6.42 Å². The maximum absolute atomic E-state index is 9.28. The summed E-state index contributed by atoms with van der Waals surface area (Å²) in [5, 5.41) is 9.28. The van der Waals surface area contributed by atoms with Crippen LogP contribution in [0, 0.1) is 0 Å². The first-order chi connectivity index (χ1) is 7.36. The van der Waals surface area contributed by atoms with Crippen molar-refractivity contribution in [3.8, 4) is 17.2 Å². The second-order valence-electron chi connectivity index (χ2n) is 3.28. The molecule has 4 nitrogen and oxygen atoms in total. The Kier molecular flexibility index (Phi) is 2.97. The van der Waals surface area contributed by atoms with E-state index >= 15 is 0 Å². The fourth-order valence-electron chi connectivity index (χ4n) is 1.62. The number of hydrogen-bond acceptors (Lipinski definition) is 4. The van der Waals surface area contributed by atoms with Crippen molar-refractivity contribution in [2.24, 2.45) is 0 Å². The van der Waals surface area contributed by atoms with Gasteiger partial charge in [0.1, 0.15) is 5.75 Å². The van der Waals surface area contributed by atoms with Crippen molar-refractivity contribution in [1.29, 1.82) is 0 Å². The molecule has 1 heterocycles. The fourth-order valence-corrected chi connectivity index (χ4v) is 1.62. The zero-order chi connectivity index (χ0) is 10.7. The molecule has 0 unspecified atom stereocenters. The van der Waals surface area contributed by atoms with Crippen LogP contribution in [-0.4, -0.2) is 25.4 Å². The first kappa shape index (κ1) is 10.1. The first-order valence-corrected chi connectivity index (χ1v) is 4.93. The molecule has 2 rings (SSSR count). The highest BCUT2D eigenvalue weighted by atomic mass is 16.5. The smallest absolute Gasteiger partial charge is 0.170 e. The Bertz CT molecular complexity index is 349. The summed E-state index contributed by atoms with van der Waals surface area (Å²) < 4.78 is 16.2. The van der Waals surface area contributed by atoms with Crippen LogP contribution < -0.4 is 14.2 Å². The lowest BCUT2D eigenvalue weighted by atomic mass is 10.1. The second-order valence-corrected chi connectivity index (χ2v) is 3.28. The van der Waals surface area contributed by atoms with Gasteiger partial charge in [0.15, 0.2) is 11.5 Å². The summed E-state index contributed by atoms with van der Waals surface area (Å²) in [6.45, 7) is 1.13. The van der Waals surface area contributed by atoms with E-state index in [1.165, 1.54) is 0 Å². The van der Waals surface area contributed by atoms with Crippen molar-refractivity contribution in [3.05, 3.63) is 17.7 Å². The van der Waals surface area contributed by atoms with Gasteiger partial charge in [-0.15, -0.1) is 0 Å². The molecular formula is C11H14O4. The molecule has 0 saturated carbocycles. The maximum atomic E-state index is 9.28. The molecule has 0 atom stereocenters. The number of fused-ring (bicyclic) bond motifs is 1. The highest BCUT2D eigenvalue weighted by molar-refractivity contribution is 5.53. The largest absolute Gasteiger partial charge is 0.496 e. The van der Waals surface area contributed by atoms with E-state index in [9.17, 15) is 5.11 Å².